The number of carbonyl (C=O) groups is 3. The largest absolute Gasteiger partial charge is 0.472 e. The smallest absolute Gasteiger partial charge is 0.463 e. The number of aliphatic hydroxyl groups excluding tert-OH is 2. The summed E-state index contributed by atoms with van der Waals surface area (Å²) < 4.78 is 61.3. The van der Waals surface area contributed by atoms with Gasteiger partial charge in [0.1, 0.15) is 25.4 Å². The molecule has 0 saturated heterocycles. The van der Waals surface area contributed by atoms with E-state index in [0.717, 1.165) is 148 Å². The molecule has 4 N–H and O–H groups in total. The molecule has 16 nitrogen and oxygen atoms in total. The van der Waals surface area contributed by atoms with Crippen molar-refractivity contribution in [2.45, 2.75) is 386 Å². The lowest BCUT2D eigenvalue weighted by Crippen LogP contribution is -2.30. The van der Waals surface area contributed by atoms with Crippen LogP contribution >= 0.6 is 15.6 Å². The molecule has 0 aliphatic carbocycles. The second-order valence-electron chi connectivity index (χ2n) is 28.9. The fourth-order valence-corrected chi connectivity index (χ4v) is 13.4. The molecule has 0 radical (unpaired) electrons. The Morgan fingerprint density at radius 2 is 0.486 bits per heavy atom. The first kappa shape index (κ1) is 105. The number of ether oxygens (including phenoxy) is 3. The third-order valence-electron chi connectivity index (χ3n) is 18.4. The zero-order chi connectivity index (χ0) is 79.4. The van der Waals surface area contributed by atoms with Crippen LogP contribution in [0.15, 0.2) is 134 Å². The highest BCUT2D eigenvalue weighted by Gasteiger charge is 2.29. The monoisotopic (exact) mass is 1570 g/mol. The molecule has 628 valence electrons. The van der Waals surface area contributed by atoms with Crippen molar-refractivity contribution in [3.05, 3.63) is 134 Å². The van der Waals surface area contributed by atoms with Gasteiger partial charge >= 0.3 is 33.6 Å². The molecule has 0 bridgehead atoms. The highest BCUT2D eigenvalue weighted by molar-refractivity contribution is 7.47. The van der Waals surface area contributed by atoms with Gasteiger partial charge in [0.2, 0.25) is 0 Å². The molecule has 0 fully saturated rings. The van der Waals surface area contributed by atoms with Crippen LogP contribution < -0.4 is 0 Å². The summed E-state index contributed by atoms with van der Waals surface area (Å²) in [5.41, 5.74) is 0. The van der Waals surface area contributed by atoms with E-state index in [1.54, 1.807) is 0 Å². The average Bonchev–Trinajstić information content (AvgIpc) is 0.905. The lowest BCUT2D eigenvalue weighted by Gasteiger charge is -2.21. The standard InChI is InChI=1S/C91H158O16P2/c1-4-7-10-13-16-19-22-25-27-29-31-33-35-37-38-39-40-41-42-43-44-45-46-48-50-51-53-55-57-60-62-65-68-71-74-77-89(94)101-80-86(92)81-103-108(97,98)104-82-87(93)83-105-109(99,100)106-85-88(107-91(96)79-76-73-70-67-64-59-24-21-18-15-12-9-6-3)84-102-90(95)78-75-72-69-66-63-61-58-56-54-52-49-47-36-34-32-30-28-26-23-20-17-14-11-8-5-2/h7-8,10-11,16-17,19-20,25-28,31-34,37-38,40-41,47,49,86-88,92-93H,4-6,9,12-15,18,21-24,29-30,35-36,39,42-46,48,50-85H2,1-3H3,(H,97,98)(H,99,100)/b10-7-,11-8-,19-16-,20-17-,27-25-,28-26-,33-31-,34-32-,38-37-,41-40-,49-47-. The summed E-state index contributed by atoms with van der Waals surface area (Å²) in [5.74, 6) is -1.57. The van der Waals surface area contributed by atoms with Crippen molar-refractivity contribution in [2.24, 2.45) is 0 Å². The van der Waals surface area contributed by atoms with Crippen LogP contribution in [0.25, 0.3) is 0 Å². The van der Waals surface area contributed by atoms with Gasteiger partial charge in [-0.2, -0.15) is 0 Å². The first-order valence-electron chi connectivity index (χ1n) is 43.5. The van der Waals surface area contributed by atoms with Crippen molar-refractivity contribution >= 4 is 33.6 Å². The minimum absolute atomic E-state index is 0.106. The Bertz CT molecular complexity index is 2510. The number of carbonyl (C=O) groups excluding carboxylic acids is 3. The van der Waals surface area contributed by atoms with E-state index in [1.165, 1.54) is 161 Å². The second kappa shape index (κ2) is 83.1. The second-order valence-corrected chi connectivity index (χ2v) is 31.8. The molecule has 0 saturated carbocycles. The maximum absolute atomic E-state index is 13.0. The van der Waals surface area contributed by atoms with E-state index in [-0.39, 0.29) is 19.3 Å². The first-order chi connectivity index (χ1) is 53.2. The fourth-order valence-electron chi connectivity index (χ4n) is 11.8. The zero-order valence-electron chi connectivity index (χ0n) is 68.9. The van der Waals surface area contributed by atoms with Crippen LogP contribution in [0, 0.1) is 0 Å². The van der Waals surface area contributed by atoms with E-state index in [1.807, 2.05) is 0 Å². The predicted octanol–water partition coefficient (Wildman–Crippen LogP) is 26.2. The topological polar surface area (TPSA) is 231 Å². The summed E-state index contributed by atoms with van der Waals surface area (Å²) in [5, 5.41) is 20.7. The third kappa shape index (κ3) is 84.4. The number of phosphoric ester groups is 2. The van der Waals surface area contributed by atoms with Crippen molar-refractivity contribution < 1.29 is 75.8 Å². The molecule has 0 rings (SSSR count). The Balaban J connectivity index is 4.39. The van der Waals surface area contributed by atoms with Gasteiger partial charge < -0.3 is 34.2 Å². The summed E-state index contributed by atoms with van der Waals surface area (Å²) in [7, 11) is -9.79. The van der Waals surface area contributed by atoms with Gasteiger partial charge in [0.25, 0.3) is 0 Å². The van der Waals surface area contributed by atoms with Gasteiger partial charge in [-0.1, -0.05) is 366 Å². The number of allylic oxidation sites excluding steroid dienone is 22. The Morgan fingerprint density at radius 3 is 0.771 bits per heavy atom. The van der Waals surface area contributed by atoms with Crippen molar-refractivity contribution in [3.8, 4) is 0 Å². The number of aliphatic hydroxyl groups is 2. The van der Waals surface area contributed by atoms with Crippen molar-refractivity contribution in [2.75, 3.05) is 39.6 Å². The van der Waals surface area contributed by atoms with E-state index in [4.69, 9.17) is 32.3 Å². The molecule has 0 aliphatic rings. The van der Waals surface area contributed by atoms with Crippen LogP contribution in [0.4, 0.5) is 0 Å². The number of unbranched alkanes of at least 4 members (excludes halogenated alkanes) is 37. The number of phosphoric acid groups is 2. The lowest BCUT2D eigenvalue weighted by atomic mass is 10.0. The summed E-state index contributed by atoms with van der Waals surface area (Å²) in [4.78, 5) is 58.8. The van der Waals surface area contributed by atoms with Gasteiger partial charge in [-0.25, -0.2) is 9.13 Å². The SMILES string of the molecule is CC/C=C\C/C=C\C/C=C\C/C=C\C/C=C\C/C=C\CCCCCCCCCCCCCCCCCCC(=O)OCC(O)COP(=O)(O)OCC(O)COP(=O)(O)OCC(COC(=O)CCCCCCCCCCC/C=C\C/C=C\C/C=C\C/C=C\C/C=C\CC)OC(=O)CCCCCCCCCCCCCCC. The van der Waals surface area contributed by atoms with Gasteiger partial charge in [0, 0.05) is 19.3 Å². The number of hydrogen-bond donors (Lipinski definition) is 4. The Hall–Kier alpha value is -4.31. The molecule has 18 heteroatoms. The number of esters is 3. The molecule has 0 spiro atoms. The van der Waals surface area contributed by atoms with Crippen LogP contribution in [0.5, 0.6) is 0 Å². The molecular formula is C91H158O16P2. The molecule has 109 heavy (non-hydrogen) atoms. The first-order valence-corrected chi connectivity index (χ1v) is 46.5. The van der Waals surface area contributed by atoms with E-state index < -0.39 is 91.5 Å². The minimum atomic E-state index is -4.93. The van der Waals surface area contributed by atoms with E-state index in [2.05, 4.69) is 154 Å². The van der Waals surface area contributed by atoms with Crippen molar-refractivity contribution in [1.29, 1.82) is 0 Å². The van der Waals surface area contributed by atoms with Crippen LogP contribution in [-0.4, -0.2) is 95.9 Å². The number of rotatable bonds is 82. The highest BCUT2D eigenvalue weighted by atomic mass is 31.2. The molecule has 0 aliphatic heterocycles. The van der Waals surface area contributed by atoms with Crippen LogP contribution in [0.1, 0.15) is 367 Å². The summed E-state index contributed by atoms with van der Waals surface area (Å²) >= 11 is 0. The average molecular weight is 1570 g/mol. The van der Waals surface area contributed by atoms with Gasteiger partial charge in [0.15, 0.2) is 6.10 Å². The van der Waals surface area contributed by atoms with Crippen LogP contribution in [-0.2, 0) is 55.8 Å². The molecule has 0 amide bonds. The molecule has 0 aromatic carbocycles. The van der Waals surface area contributed by atoms with Gasteiger partial charge in [-0.3, -0.25) is 32.5 Å². The van der Waals surface area contributed by atoms with Gasteiger partial charge in [-0.05, 0) is 116 Å². The third-order valence-corrected chi connectivity index (χ3v) is 20.3. The van der Waals surface area contributed by atoms with E-state index in [9.17, 15) is 43.5 Å². The van der Waals surface area contributed by atoms with E-state index >= 15 is 0 Å². The fraction of sp³-hybridized carbons (Fsp3) is 0.725. The highest BCUT2D eigenvalue weighted by Crippen LogP contribution is 2.45. The maximum atomic E-state index is 13.0. The molecule has 0 aromatic heterocycles. The Kier molecular flexibility index (Phi) is 79.8. The van der Waals surface area contributed by atoms with Gasteiger partial charge in [-0.15, -0.1) is 0 Å². The zero-order valence-corrected chi connectivity index (χ0v) is 70.7. The minimum Gasteiger partial charge on any atom is -0.463 e. The van der Waals surface area contributed by atoms with Gasteiger partial charge in [0.05, 0.1) is 26.4 Å². The van der Waals surface area contributed by atoms with Crippen LogP contribution in [0.3, 0.4) is 0 Å². The predicted molar refractivity (Wildman–Crippen MR) is 454 cm³/mol. The molecular weight excluding hydrogens is 1410 g/mol. The quantitative estimate of drug-likeness (QED) is 0.0146. The summed E-state index contributed by atoms with van der Waals surface area (Å²) in [6.45, 7) is 2.49. The molecule has 5 atom stereocenters. The van der Waals surface area contributed by atoms with Crippen molar-refractivity contribution in [1.82, 2.24) is 0 Å². The van der Waals surface area contributed by atoms with Crippen LogP contribution in [0.2, 0.25) is 0 Å². The Labute approximate surface area is 665 Å². The summed E-state index contributed by atoms with van der Waals surface area (Å²) in [6.07, 6.45) is 102. The molecule has 0 aromatic rings. The normalized spacial score (nSPS) is 14.5. The number of hydrogen-bond acceptors (Lipinski definition) is 14. The van der Waals surface area contributed by atoms with E-state index in [0.29, 0.717) is 19.3 Å². The Morgan fingerprint density at radius 1 is 0.266 bits per heavy atom. The molecule has 0 heterocycles. The lowest BCUT2D eigenvalue weighted by molar-refractivity contribution is -0.161. The molecule has 5 unspecified atom stereocenters. The summed E-state index contributed by atoms with van der Waals surface area (Å²) in [6, 6.07) is 0. The maximum Gasteiger partial charge on any atom is 0.472 e. The van der Waals surface area contributed by atoms with Crippen molar-refractivity contribution in [3.63, 3.8) is 0 Å².